The van der Waals surface area contributed by atoms with Crippen LogP contribution >= 0.6 is 11.6 Å². The number of hydrogen-bond acceptors (Lipinski definition) is 1. The van der Waals surface area contributed by atoms with Crippen LogP contribution in [0.25, 0.3) is 0 Å². The molecule has 0 saturated heterocycles. The SMILES string of the molecule is CC(Cl)CNC(c1ccccc1)(c1ccccc1)c1ccccc1. The van der Waals surface area contributed by atoms with Gasteiger partial charge in [-0.25, -0.2) is 0 Å². The van der Waals surface area contributed by atoms with Crippen molar-refractivity contribution >= 4 is 11.6 Å². The van der Waals surface area contributed by atoms with Crippen LogP contribution in [0.2, 0.25) is 0 Å². The molecule has 1 atom stereocenters. The number of halogens is 1. The van der Waals surface area contributed by atoms with Gasteiger partial charge >= 0.3 is 0 Å². The van der Waals surface area contributed by atoms with E-state index in [4.69, 9.17) is 11.6 Å². The Morgan fingerprint density at radius 2 is 1.04 bits per heavy atom. The molecule has 1 nitrogen and oxygen atoms in total. The fourth-order valence-corrected chi connectivity index (χ4v) is 3.24. The van der Waals surface area contributed by atoms with Crippen molar-refractivity contribution < 1.29 is 0 Å². The summed E-state index contributed by atoms with van der Waals surface area (Å²) in [5, 5.41) is 3.79. The van der Waals surface area contributed by atoms with E-state index >= 15 is 0 Å². The Labute approximate surface area is 149 Å². The first-order chi connectivity index (χ1) is 11.7. The highest BCUT2D eigenvalue weighted by Crippen LogP contribution is 2.36. The minimum absolute atomic E-state index is 0.0421. The third kappa shape index (κ3) is 3.38. The lowest BCUT2D eigenvalue weighted by atomic mass is 9.77. The van der Waals surface area contributed by atoms with Gasteiger partial charge in [-0.2, -0.15) is 0 Å². The predicted molar refractivity (Wildman–Crippen MR) is 103 cm³/mol. The number of rotatable bonds is 6. The summed E-state index contributed by atoms with van der Waals surface area (Å²) in [7, 11) is 0. The van der Waals surface area contributed by atoms with Crippen LogP contribution in [0.1, 0.15) is 23.6 Å². The molecule has 122 valence electrons. The maximum atomic E-state index is 6.28. The highest BCUT2D eigenvalue weighted by molar-refractivity contribution is 6.20. The van der Waals surface area contributed by atoms with Crippen molar-refractivity contribution in [2.24, 2.45) is 0 Å². The van der Waals surface area contributed by atoms with Crippen molar-refractivity contribution in [2.75, 3.05) is 6.54 Å². The maximum absolute atomic E-state index is 6.28. The van der Waals surface area contributed by atoms with Gasteiger partial charge in [0.05, 0.1) is 5.54 Å². The van der Waals surface area contributed by atoms with Gasteiger partial charge in [-0.3, -0.25) is 5.32 Å². The maximum Gasteiger partial charge on any atom is 0.0948 e. The average Bonchev–Trinajstić information content (AvgIpc) is 2.65. The van der Waals surface area contributed by atoms with E-state index in [2.05, 4.69) is 96.3 Å². The molecule has 0 saturated carbocycles. The van der Waals surface area contributed by atoms with E-state index in [1.165, 1.54) is 16.7 Å². The molecule has 0 heterocycles. The summed E-state index contributed by atoms with van der Waals surface area (Å²) in [6, 6.07) is 31.7. The van der Waals surface area contributed by atoms with E-state index in [1.54, 1.807) is 0 Å². The molecule has 3 aromatic rings. The Bertz CT molecular complexity index is 642. The second-order valence-corrected chi connectivity index (χ2v) is 6.75. The molecule has 0 fully saturated rings. The molecule has 0 aromatic heterocycles. The van der Waals surface area contributed by atoms with Crippen LogP contribution in [0.4, 0.5) is 0 Å². The van der Waals surface area contributed by atoms with Gasteiger partial charge in [0.1, 0.15) is 0 Å². The third-order valence-electron chi connectivity index (χ3n) is 4.27. The monoisotopic (exact) mass is 335 g/mol. The molecule has 0 aliphatic carbocycles. The smallest absolute Gasteiger partial charge is 0.0948 e. The lowest BCUT2D eigenvalue weighted by Gasteiger charge is -2.37. The topological polar surface area (TPSA) is 12.0 Å². The van der Waals surface area contributed by atoms with Gasteiger partial charge < -0.3 is 0 Å². The van der Waals surface area contributed by atoms with E-state index in [1.807, 2.05) is 6.92 Å². The zero-order valence-electron chi connectivity index (χ0n) is 13.8. The van der Waals surface area contributed by atoms with Crippen LogP contribution in [0, 0.1) is 0 Å². The van der Waals surface area contributed by atoms with E-state index < -0.39 is 5.54 Å². The summed E-state index contributed by atoms with van der Waals surface area (Å²) in [6.07, 6.45) is 0. The summed E-state index contributed by atoms with van der Waals surface area (Å²) >= 11 is 6.28. The Morgan fingerprint density at radius 1 is 0.708 bits per heavy atom. The summed E-state index contributed by atoms with van der Waals surface area (Å²) in [6.45, 7) is 2.72. The second-order valence-electron chi connectivity index (χ2n) is 6.01. The van der Waals surface area contributed by atoms with Crippen molar-refractivity contribution in [1.82, 2.24) is 5.32 Å². The lowest BCUT2D eigenvalue weighted by molar-refractivity contribution is 0.474. The fourth-order valence-electron chi connectivity index (χ4n) is 3.16. The van der Waals surface area contributed by atoms with Crippen LogP contribution in [0.5, 0.6) is 0 Å². The van der Waals surface area contributed by atoms with E-state index in [0.717, 1.165) is 0 Å². The Balaban J connectivity index is 2.24. The first kappa shape index (κ1) is 16.8. The highest BCUT2D eigenvalue weighted by Gasteiger charge is 2.35. The molecular formula is C22H22ClN. The number of alkyl halides is 1. The Kier molecular flexibility index (Phi) is 5.34. The molecule has 0 aliphatic rings. The molecule has 2 heteroatoms. The van der Waals surface area contributed by atoms with Gasteiger partial charge in [0, 0.05) is 11.9 Å². The molecule has 0 spiro atoms. The number of hydrogen-bond donors (Lipinski definition) is 1. The summed E-state index contributed by atoms with van der Waals surface area (Å²) in [4.78, 5) is 0. The molecule has 1 N–H and O–H groups in total. The van der Waals surface area contributed by atoms with Crippen molar-refractivity contribution in [3.05, 3.63) is 108 Å². The molecule has 0 radical (unpaired) electrons. The van der Waals surface area contributed by atoms with Gasteiger partial charge in [-0.05, 0) is 23.6 Å². The largest absolute Gasteiger partial charge is 0.299 e. The first-order valence-electron chi connectivity index (χ1n) is 8.29. The van der Waals surface area contributed by atoms with Crippen LogP contribution in [0.15, 0.2) is 91.0 Å². The van der Waals surface area contributed by atoms with Crippen LogP contribution in [0.3, 0.4) is 0 Å². The van der Waals surface area contributed by atoms with Crippen molar-refractivity contribution in [1.29, 1.82) is 0 Å². The Morgan fingerprint density at radius 3 is 1.33 bits per heavy atom. The van der Waals surface area contributed by atoms with Gasteiger partial charge in [0.15, 0.2) is 0 Å². The predicted octanol–water partition coefficient (Wildman–Crippen LogP) is 5.20. The molecular weight excluding hydrogens is 314 g/mol. The van der Waals surface area contributed by atoms with E-state index in [-0.39, 0.29) is 5.38 Å². The first-order valence-corrected chi connectivity index (χ1v) is 8.73. The molecule has 1 unspecified atom stereocenters. The van der Waals surface area contributed by atoms with E-state index in [0.29, 0.717) is 6.54 Å². The van der Waals surface area contributed by atoms with Gasteiger partial charge in [-0.15, -0.1) is 11.6 Å². The van der Waals surface area contributed by atoms with Crippen LogP contribution in [-0.2, 0) is 5.54 Å². The molecule has 3 rings (SSSR count). The Hall–Kier alpha value is -2.09. The molecule has 0 bridgehead atoms. The number of benzene rings is 3. The van der Waals surface area contributed by atoms with Crippen LogP contribution < -0.4 is 5.32 Å². The van der Waals surface area contributed by atoms with Crippen molar-refractivity contribution in [2.45, 2.75) is 17.8 Å². The second kappa shape index (κ2) is 7.65. The summed E-state index contributed by atoms with van der Waals surface area (Å²) in [5.74, 6) is 0. The summed E-state index contributed by atoms with van der Waals surface area (Å²) in [5.41, 5.74) is 3.20. The van der Waals surface area contributed by atoms with Crippen molar-refractivity contribution in [3.8, 4) is 0 Å². The normalized spacial score (nSPS) is 12.8. The zero-order chi connectivity index (χ0) is 16.8. The molecule has 3 aromatic carbocycles. The highest BCUT2D eigenvalue weighted by atomic mass is 35.5. The van der Waals surface area contributed by atoms with Crippen LogP contribution in [-0.4, -0.2) is 11.9 Å². The van der Waals surface area contributed by atoms with Gasteiger partial charge in [-0.1, -0.05) is 91.0 Å². The fraction of sp³-hybridized carbons (Fsp3) is 0.182. The third-order valence-corrected chi connectivity index (χ3v) is 4.42. The lowest BCUT2D eigenvalue weighted by Crippen LogP contribution is -2.46. The van der Waals surface area contributed by atoms with Gasteiger partial charge in [0.25, 0.3) is 0 Å². The minimum Gasteiger partial charge on any atom is -0.299 e. The van der Waals surface area contributed by atoms with Gasteiger partial charge in [0.2, 0.25) is 0 Å². The summed E-state index contributed by atoms with van der Waals surface area (Å²) < 4.78 is 0. The standard InChI is InChI=1S/C22H22ClN/c1-18(23)17-24-22(19-11-5-2-6-12-19,20-13-7-3-8-14-20)21-15-9-4-10-16-21/h2-16,18,24H,17H2,1H3. The number of nitrogens with one attached hydrogen (secondary N) is 1. The molecule has 24 heavy (non-hydrogen) atoms. The van der Waals surface area contributed by atoms with Crippen molar-refractivity contribution in [3.63, 3.8) is 0 Å². The quantitative estimate of drug-likeness (QED) is 0.482. The van der Waals surface area contributed by atoms with E-state index in [9.17, 15) is 0 Å². The minimum atomic E-state index is -0.424. The average molecular weight is 336 g/mol. The molecule has 0 aliphatic heterocycles. The molecule has 0 amide bonds. The zero-order valence-corrected chi connectivity index (χ0v) is 14.6.